The molecule has 2 nitrogen and oxygen atoms in total. The Morgan fingerprint density at radius 1 is 0.519 bits per heavy atom. The molecule has 0 aliphatic heterocycles. The fraction of sp³-hybridized carbons (Fsp3) is 0.458. The second-order valence-corrected chi connectivity index (χ2v) is 3.72. The molecule has 167 valence electrons. The zero-order chi connectivity index (χ0) is 15.5. The Morgan fingerprint density at radius 3 is 0.889 bits per heavy atom. The molecule has 1 radical (unpaired) electrons. The van der Waals surface area contributed by atoms with Crippen molar-refractivity contribution in [3.63, 3.8) is 0 Å². The van der Waals surface area contributed by atoms with Crippen LogP contribution in [0.2, 0.25) is 0 Å². The van der Waals surface area contributed by atoms with E-state index in [1.54, 1.807) is 24.3 Å². The summed E-state index contributed by atoms with van der Waals surface area (Å²) in [4.78, 5) is 0. The molecule has 2 aromatic carbocycles. The van der Waals surface area contributed by atoms with Gasteiger partial charge in [0, 0.05) is 19.5 Å². The van der Waals surface area contributed by atoms with Crippen molar-refractivity contribution in [2.24, 2.45) is 0 Å². The minimum Gasteiger partial charge on any atom is -0.509 e. The monoisotopic (exact) mass is 472 g/mol. The molecule has 0 unspecified atom stereocenters. The number of benzene rings is 2. The molecule has 0 aliphatic rings. The van der Waals surface area contributed by atoms with E-state index in [0.717, 1.165) is 17.0 Å². The topological polar surface area (TPSA) is 40.5 Å². The van der Waals surface area contributed by atoms with Crippen LogP contribution in [0, 0.1) is 5.92 Å². The van der Waals surface area contributed by atoms with E-state index in [1.165, 1.54) is 0 Å². The zero-order valence-corrected chi connectivity index (χ0v) is 15.0. The number of aromatic hydroxyl groups is 2. The summed E-state index contributed by atoms with van der Waals surface area (Å²) in [7, 11) is 0. The van der Waals surface area contributed by atoms with Crippen LogP contribution in [0.15, 0.2) is 48.5 Å². The SMILES string of the molecule is C.C.C.C.C.C.CC.CC.C[C-](c1ccc(O)cc1)c1ccc(O)cc1.[Rh]. The molecule has 2 aromatic rings. The second-order valence-electron chi connectivity index (χ2n) is 3.72. The van der Waals surface area contributed by atoms with Crippen LogP contribution >= 0.6 is 0 Å². The van der Waals surface area contributed by atoms with Gasteiger partial charge in [-0.3, -0.25) is 0 Å². The predicted molar refractivity (Wildman–Crippen MR) is 126 cm³/mol. The molecule has 0 saturated carbocycles. The average molecular weight is 473 g/mol. The van der Waals surface area contributed by atoms with Gasteiger partial charge in [-0.15, -0.1) is 41.3 Å². The largest absolute Gasteiger partial charge is 0.509 e. The summed E-state index contributed by atoms with van der Waals surface area (Å²) in [6.45, 7) is 10.0. The van der Waals surface area contributed by atoms with E-state index in [-0.39, 0.29) is 75.5 Å². The van der Waals surface area contributed by atoms with Crippen LogP contribution < -0.4 is 0 Å². The van der Waals surface area contributed by atoms with Crippen LogP contribution in [0.5, 0.6) is 11.5 Å². The number of rotatable bonds is 2. The number of phenolic OH excluding ortho intramolecular Hbond substituents is 2. The minimum absolute atomic E-state index is 0. The molecule has 0 heterocycles. The second kappa shape index (κ2) is 29.3. The third-order valence-electron chi connectivity index (χ3n) is 2.60. The Hall–Kier alpha value is -1.47. The molecule has 2 N–H and O–H groups in total. The van der Waals surface area contributed by atoms with Crippen molar-refractivity contribution in [1.82, 2.24) is 0 Å². The van der Waals surface area contributed by atoms with Crippen molar-refractivity contribution in [2.45, 2.75) is 79.2 Å². The summed E-state index contributed by atoms with van der Waals surface area (Å²) < 4.78 is 0. The fourth-order valence-electron chi connectivity index (χ4n) is 1.59. The van der Waals surface area contributed by atoms with Gasteiger partial charge >= 0.3 is 0 Å². The summed E-state index contributed by atoms with van der Waals surface area (Å²) in [6, 6.07) is 14.2. The Balaban J connectivity index is -0.0000000515. The average Bonchev–Trinajstić information content (AvgIpc) is 2.52. The van der Waals surface area contributed by atoms with E-state index in [0.29, 0.717) is 0 Å². The quantitative estimate of drug-likeness (QED) is 0.338. The third kappa shape index (κ3) is 17.7. The molecule has 0 spiro atoms. The number of hydrogen-bond acceptors (Lipinski definition) is 2. The van der Waals surface area contributed by atoms with Crippen LogP contribution in [-0.4, -0.2) is 10.2 Å². The molecular weight excluding hydrogens is 423 g/mol. The van der Waals surface area contributed by atoms with Gasteiger partial charge < -0.3 is 10.2 Å². The summed E-state index contributed by atoms with van der Waals surface area (Å²) >= 11 is 0. The molecule has 0 bridgehead atoms. The first-order chi connectivity index (χ1) is 9.66. The maximum absolute atomic E-state index is 9.20. The molecule has 0 amide bonds. The zero-order valence-electron chi connectivity index (χ0n) is 13.3. The minimum atomic E-state index is 0. The van der Waals surface area contributed by atoms with Crippen LogP contribution in [0.4, 0.5) is 0 Å². The molecule has 3 heteroatoms. The van der Waals surface area contributed by atoms with E-state index in [4.69, 9.17) is 0 Å². The van der Waals surface area contributed by atoms with Crippen molar-refractivity contribution in [3.05, 3.63) is 65.6 Å². The third-order valence-corrected chi connectivity index (χ3v) is 2.60. The molecule has 0 aliphatic carbocycles. The van der Waals surface area contributed by atoms with Gasteiger partial charge in [-0.2, -0.15) is 0 Å². The Bertz CT molecular complexity index is 419. The van der Waals surface area contributed by atoms with Gasteiger partial charge in [0.15, 0.2) is 0 Å². The van der Waals surface area contributed by atoms with Crippen LogP contribution in [0.1, 0.15) is 90.3 Å². The molecule has 0 saturated heterocycles. The molecule has 0 fully saturated rings. The van der Waals surface area contributed by atoms with Crippen LogP contribution in [0.25, 0.3) is 0 Å². The summed E-state index contributed by atoms with van der Waals surface area (Å²) in [5, 5.41) is 18.4. The van der Waals surface area contributed by atoms with Crippen LogP contribution in [0.3, 0.4) is 0 Å². The smallest absolute Gasteiger partial charge is 0.100 e. The summed E-state index contributed by atoms with van der Waals surface area (Å²) in [6.07, 6.45) is 0. The van der Waals surface area contributed by atoms with Gasteiger partial charge in [-0.05, 0) is 0 Å². The Morgan fingerprint density at radius 2 is 0.704 bits per heavy atom. The van der Waals surface area contributed by atoms with Gasteiger partial charge in [0.1, 0.15) is 11.5 Å². The number of hydrogen-bond donors (Lipinski definition) is 2. The van der Waals surface area contributed by atoms with E-state index in [9.17, 15) is 10.2 Å². The van der Waals surface area contributed by atoms with Crippen molar-refractivity contribution in [3.8, 4) is 11.5 Å². The first-order valence-corrected chi connectivity index (χ1v) is 7.09. The van der Waals surface area contributed by atoms with Gasteiger partial charge in [-0.25, -0.2) is 0 Å². The fourth-order valence-corrected chi connectivity index (χ4v) is 1.59. The molecular formula is C24H49O2Rh-. The van der Waals surface area contributed by atoms with Crippen molar-refractivity contribution in [2.75, 3.05) is 0 Å². The Kier molecular flexibility index (Phi) is 54.3. The van der Waals surface area contributed by atoms with Crippen molar-refractivity contribution in [1.29, 1.82) is 0 Å². The van der Waals surface area contributed by atoms with Crippen molar-refractivity contribution < 1.29 is 29.7 Å². The van der Waals surface area contributed by atoms with Gasteiger partial charge in [0.25, 0.3) is 0 Å². The molecule has 0 atom stereocenters. The van der Waals surface area contributed by atoms with E-state index < -0.39 is 0 Å². The Labute approximate surface area is 185 Å². The van der Waals surface area contributed by atoms with Crippen LogP contribution in [-0.2, 0) is 19.5 Å². The first-order valence-electron chi connectivity index (χ1n) is 7.09. The molecule has 0 aromatic heterocycles. The molecule has 2 rings (SSSR count). The van der Waals surface area contributed by atoms with Gasteiger partial charge in [0.05, 0.1) is 0 Å². The van der Waals surface area contributed by atoms with Gasteiger partial charge in [-0.1, -0.05) is 103 Å². The van der Waals surface area contributed by atoms with E-state index in [2.05, 4.69) is 0 Å². The number of phenols is 2. The maximum atomic E-state index is 9.20. The van der Waals surface area contributed by atoms with E-state index >= 15 is 0 Å². The van der Waals surface area contributed by atoms with Gasteiger partial charge in [0.2, 0.25) is 0 Å². The van der Waals surface area contributed by atoms with E-state index in [1.807, 2.05) is 58.9 Å². The van der Waals surface area contributed by atoms with Crippen molar-refractivity contribution >= 4 is 0 Å². The summed E-state index contributed by atoms with van der Waals surface area (Å²) in [5.74, 6) is 1.64. The molecule has 27 heavy (non-hydrogen) atoms. The first kappa shape index (κ1) is 50.0. The summed E-state index contributed by atoms with van der Waals surface area (Å²) in [5.41, 5.74) is 2.12. The predicted octanol–water partition coefficient (Wildman–Crippen LogP) is 8.96. The normalized spacial score (nSPS) is 6.41. The standard InChI is InChI=1S/C14H13O2.2C2H6.6CH4.Rh/c1-10(11-2-6-13(15)7-3-11)12-4-8-14(16)9-5-12;2*1-2;;;;;;;/h2-9,15-16H,1H3;2*1-2H3;6*1H4;/q-1;;;;;;;;;. The maximum Gasteiger partial charge on any atom is 0.100 e.